The van der Waals surface area contributed by atoms with E-state index in [1.54, 1.807) is 13.0 Å². The molecular formula is C13H10ClF2NO2S. The van der Waals surface area contributed by atoms with Crippen LogP contribution in [0.3, 0.4) is 0 Å². The van der Waals surface area contributed by atoms with Crippen LogP contribution < -0.4 is 4.72 Å². The number of sulfonamides is 1. The molecule has 2 aromatic rings. The van der Waals surface area contributed by atoms with Crippen molar-refractivity contribution in [3.63, 3.8) is 0 Å². The van der Waals surface area contributed by atoms with Crippen LogP contribution in [0.5, 0.6) is 0 Å². The zero-order valence-electron chi connectivity index (χ0n) is 10.3. The van der Waals surface area contributed by atoms with E-state index in [4.69, 9.17) is 11.6 Å². The highest BCUT2D eigenvalue weighted by molar-refractivity contribution is 7.92. The van der Waals surface area contributed by atoms with E-state index in [1.807, 2.05) is 0 Å². The molecule has 3 nitrogen and oxygen atoms in total. The minimum Gasteiger partial charge on any atom is -0.279 e. The lowest BCUT2D eigenvalue weighted by Gasteiger charge is -2.11. The summed E-state index contributed by atoms with van der Waals surface area (Å²) < 4.78 is 52.4. The summed E-state index contributed by atoms with van der Waals surface area (Å²) in [6, 6.07) is 6.99. The van der Waals surface area contributed by atoms with Crippen molar-refractivity contribution in [2.75, 3.05) is 4.72 Å². The lowest BCUT2D eigenvalue weighted by molar-refractivity contribution is 0.504. The Morgan fingerprint density at radius 3 is 2.35 bits per heavy atom. The molecule has 0 aliphatic rings. The summed E-state index contributed by atoms with van der Waals surface area (Å²) >= 11 is 5.77. The van der Waals surface area contributed by atoms with Crippen molar-refractivity contribution < 1.29 is 17.2 Å². The second-order valence-electron chi connectivity index (χ2n) is 4.14. The van der Waals surface area contributed by atoms with Gasteiger partial charge in [-0.15, -0.1) is 0 Å². The molecule has 0 unspecified atom stereocenters. The SMILES string of the molecule is Cc1cc(Cl)ccc1NS(=O)(=O)c1ccc(F)c(F)c1. The number of aryl methyl sites for hydroxylation is 1. The van der Waals surface area contributed by atoms with Crippen LogP contribution in [0.15, 0.2) is 41.3 Å². The number of hydrogen-bond donors (Lipinski definition) is 1. The third-order valence-corrected chi connectivity index (χ3v) is 4.23. The predicted octanol–water partition coefficient (Wildman–Crippen LogP) is 3.73. The van der Waals surface area contributed by atoms with Gasteiger partial charge in [0, 0.05) is 5.02 Å². The van der Waals surface area contributed by atoms with Crippen LogP contribution >= 0.6 is 11.6 Å². The Bertz CT molecular complexity index is 763. The average molecular weight is 318 g/mol. The number of rotatable bonds is 3. The van der Waals surface area contributed by atoms with Crippen molar-refractivity contribution in [3.05, 3.63) is 58.6 Å². The minimum atomic E-state index is -3.99. The smallest absolute Gasteiger partial charge is 0.262 e. The Balaban J connectivity index is 2.38. The fraction of sp³-hybridized carbons (Fsp3) is 0.0769. The van der Waals surface area contributed by atoms with Crippen LogP contribution in [0.25, 0.3) is 0 Å². The van der Waals surface area contributed by atoms with E-state index in [0.717, 1.165) is 12.1 Å². The molecule has 2 aromatic carbocycles. The van der Waals surface area contributed by atoms with E-state index in [0.29, 0.717) is 22.3 Å². The van der Waals surface area contributed by atoms with Gasteiger partial charge in [0.25, 0.3) is 10.0 Å². The molecular weight excluding hydrogens is 308 g/mol. The minimum absolute atomic E-state index is 0.319. The first-order chi connectivity index (χ1) is 9.29. The summed E-state index contributed by atoms with van der Waals surface area (Å²) in [5.74, 6) is -2.33. The van der Waals surface area contributed by atoms with Gasteiger partial charge in [-0.1, -0.05) is 11.6 Å². The van der Waals surface area contributed by atoms with E-state index in [2.05, 4.69) is 4.72 Å². The first-order valence-corrected chi connectivity index (χ1v) is 7.40. The number of halogens is 3. The first-order valence-electron chi connectivity index (χ1n) is 5.53. The number of nitrogens with one attached hydrogen (secondary N) is 1. The number of anilines is 1. The van der Waals surface area contributed by atoms with Crippen LogP contribution in [0.1, 0.15) is 5.56 Å². The molecule has 0 atom stereocenters. The number of benzene rings is 2. The highest BCUT2D eigenvalue weighted by atomic mass is 35.5. The van der Waals surface area contributed by atoms with Crippen LogP contribution in [-0.2, 0) is 10.0 Å². The molecule has 106 valence electrons. The van der Waals surface area contributed by atoms with Crippen LogP contribution in [0.4, 0.5) is 14.5 Å². The maximum Gasteiger partial charge on any atom is 0.262 e. The third kappa shape index (κ3) is 3.08. The van der Waals surface area contributed by atoms with Crippen molar-refractivity contribution in [2.45, 2.75) is 11.8 Å². The van der Waals surface area contributed by atoms with Gasteiger partial charge in [-0.3, -0.25) is 4.72 Å². The van der Waals surface area contributed by atoms with Crippen molar-refractivity contribution in [2.24, 2.45) is 0 Å². The molecule has 0 saturated heterocycles. The number of hydrogen-bond acceptors (Lipinski definition) is 2. The quantitative estimate of drug-likeness (QED) is 0.937. The van der Waals surface area contributed by atoms with Gasteiger partial charge in [-0.2, -0.15) is 0 Å². The lowest BCUT2D eigenvalue weighted by Crippen LogP contribution is -2.14. The highest BCUT2D eigenvalue weighted by Gasteiger charge is 2.17. The van der Waals surface area contributed by atoms with E-state index >= 15 is 0 Å². The molecule has 0 saturated carbocycles. The third-order valence-electron chi connectivity index (χ3n) is 2.63. The molecule has 0 radical (unpaired) electrons. The summed E-state index contributed by atoms with van der Waals surface area (Å²) in [4.78, 5) is -0.356. The van der Waals surface area contributed by atoms with Gasteiger partial charge >= 0.3 is 0 Å². The van der Waals surface area contributed by atoms with Crippen molar-refractivity contribution in [1.29, 1.82) is 0 Å². The Labute approximate surface area is 120 Å². The van der Waals surface area contributed by atoms with Gasteiger partial charge in [0.05, 0.1) is 10.6 Å². The standard InChI is InChI=1S/C13H10ClF2NO2S/c1-8-6-9(14)2-5-13(8)17-20(18,19)10-3-4-11(15)12(16)7-10/h2-7,17H,1H3. The monoisotopic (exact) mass is 317 g/mol. The molecule has 0 aromatic heterocycles. The van der Waals surface area contributed by atoms with Crippen LogP contribution in [-0.4, -0.2) is 8.42 Å². The largest absolute Gasteiger partial charge is 0.279 e. The van der Waals surface area contributed by atoms with Crippen molar-refractivity contribution in [3.8, 4) is 0 Å². The molecule has 2 rings (SSSR count). The molecule has 0 fully saturated rings. The zero-order chi connectivity index (χ0) is 14.9. The second kappa shape index (κ2) is 5.38. The van der Waals surface area contributed by atoms with Crippen molar-refractivity contribution in [1.82, 2.24) is 0 Å². The van der Waals surface area contributed by atoms with Crippen molar-refractivity contribution >= 4 is 27.3 Å². The maximum absolute atomic E-state index is 13.1. The Kier molecular flexibility index (Phi) is 3.96. The fourth-order valence-corrected chi connectivity index (χ4v) is 2.96. The van der Waals surface area contributed by atoms with Gasteiger partial charge < -0.3 is 0 Å². The molecule has 0 aliphatic carbocycles. The summed E-state index contributed by atoms with van der Waals surface area (Å²) in [6.45, 7) is 1.68. The van der Waals surface area contributed by atoms with Gasteiger partial charge in [0.15, 0.2) is 11.6 Å². The molecule has 0 aliphatic heterocycles. The lowest BCUT2D eigenvalue weighted by atomic mass is 10.2. The Hall–Kier alpha value is -1.66. The summed E-state index contributed by atoms with van der Waals surface area (Å²) in [5, 5.41) is 0.471. The van der Waals surface area contributed by atoms with Gasteiger partial charge in [-0.05, 0) is 48.9 Å². The molecule has 20 heavy (non-hydrogen) atoms. The van der Waals surface area contributed by atoms with Gasteiger partial charge in [-0.25, -0.2) is 17.2 Å². The molecule has 0 amide bonds. The summed E-state index contributed by atoms with van der Waals surface area (Å²) in [6.07, 6.45) is 0. The Morgan fingerprint density at radius 2 is 1.75 bits per heavy atom. The van der Waals surface area contributed by atoms with Gasteiger partial charge in [0.2, 0.25) is 0 Å². The van der Waals surface area contributed by atoms with E-state index in [-0.39, 0.29) is 4.90 Å². The van der Waals surface area contributed by atoms with Gasteiger partial charge in [0.1, 0.15) is 0 Å². The summed E-state index contributed by atoms with van der Waals surface area (Å²) in [5.41, 5.74) is 0.933. The van der Waals surface area contributed by atoms with E-state index in [1.165, 1.54) is 12.1 Å². The topological polar surface area (TPSA) is 46.2 Å². The molecule has 0 bridgehead atoms. The average Bonchev–Trinajstić information content (AvgIpc) is 2.36. The fourth-order valence-electron chi connectivity index (χ4n) is 1.59. The molecule has 0 heterocycles. The van der Waals surface area contributed by atoms with E-state index < -0.39 is 21.7 Å². The van der Waals surface area contributed by atoms with Crippen LogP contribution in [0, 0.1) is 18.6 Å². The molecule has 0 spiro atoms. The summed E-state index contributed by atoms with van der Waals surface area (Å²) in [7, 11) is -3.99. The zero-order valence-corrected chi connectivity index (χ0v) is 11.9. The highest BCUT2D eigenvalue weighted by Crippen LogP contribution is 2.23. The predicted molar refractivity (Wildman–Crippen MR) is 73.4 cm³/mol. The molecule has 1 N–H and O–H groups in total. The second-order valence-corrected chi connectivity index (χ2v) is 6.26. The molecule has 7 heteroatoms. The van der Waals surface area contributed by atoms with E-state index in [9.17, 15) is 17.2 Å². The first kappa shape index (κ1) is 14.7. The maximum atomic E-state index is 13.1. The van der Waals surface area contributed by atoms with Crippen LogP contribution in [0.2, 0.25) is 5.02 Å². The normalized spacial score (nSPS) is 11.4. The Morgan fingerprint density at radius 1 is 1.05 bits per heavy atom.